The molecule has 24 heavy (non-hydrogen) atoms. The van der Waals surface area contributed by atoms with Gasteiger partial charge in [0.25, 0.3) is 0 Å². The highest BCUT2D eigenvalue weighted by Gasteiger charge is 2.23. The molecule has 2 N–H and O–H groups in total. The summed E-state index contributed by atoms with van der Waals surface area (Å²) in [5.41, 5.74) is 2.03. The second-order valence-electron chi connectivity index (χ2n) is 6.04. The summed E-state index contributed by atoms with van der Waals surface area (Å²) >= 11 is 0. The van der Waals surface area contributed by atoms with Crippen LogP contribution in [0.15, 0.2) is 54.6 Å². The molecule has 0 bridgehead atoms. The number of urea groups is 1. The molecule has 1 saturated heterocycles. The molecule has 0 spiro atoms. The second-order valence-corrected chi connectivity index (χ2v) is 6.04. The number of ether oxygens (including phenoxy) is 1. The monoisotopic (exact) mass is 325 g/mol. The molecule has 126 valence electrons. The molecule has 1 atom stereocenters. The molecule has 5 nitrogen and oxygen atoms in total. The highest BCUT2D eigenvalue weighted by Crippen LogP contribution is 2.17. The first-order chi connectivity index (χ1) is 11.7. The Kier molecular flexibility index (Phi) is 5.33. The van der Waals surface area contributed by atoms with Gasteiger partial charge in [-0.3, -0.25) is 4.90 Å². The number of nitrogens with zero attached hydrogens (tertiary/aromatic N) is 1. The summed E-state index contributed by atoms with van der Waals surface area (Å²) in [6, 6.07) is 17.8. The van der Waals surface area contributed by atoms with Gasteiger partial charge in [-0.05, 0) is 24.1 Å². The number of likely N-dealkylation sites (tertiary alicyclic amines) is 1. The Labute approximate surface area is 142 Å². The molecule has 2 aromatic carbocycles. The zero-order chi connectivity index (χ0) is 16.8. The summed E-state index contributed by atoms with van der Waals surface area (Å²) in [4.78, 5) is 14.5. The third-order valence-corrected chi connectivity index (χ3v) is 4.18. The average Bonchev–Trinajstić information content (AvgIpc) is 3.02. The summed E-state index contributed by atoms with van der Waals surface area (Å²) in [5, 5.41) is 5.91. The van der Waals surface area contributed by atoms with Crippen molar-refractivity contribution in [2.45, 2.75) is 19.0 Å². The normalized spacial score (nSPS) is 17.5. The third kappa shape index (κ3) is 4.49. The van der Waals surface area contributed by atoms with Crippen LogP contribution in [0.25, 0.3) is 0 Å². The van der Waals surface area contributed by atoms with E-state index in [9.17, 15) is 4.79 Å². The second kappa shape index (κ2) is 7.84. The van der Waals surface area contributed by atoms with E-state index in [1.807, 2.05) is 24.3 Å². The first-order valence-corrected chi connectivity index (χ1v) is 8.21. The highest BCUT2D eigenvalue weighted by molar-refractivity contribution is 5.89. The summed E-state index contributed by atoms with van der Waals surface area (Å²) in [7, 11) is 1.61. The summed E-state index contributed by atoms with van der Waals surface area (Å²) < 4.78 is 5.16. The summed E-state index contributed by atoms with van der Waals surface area (Å²) in [5.74, 6) is 0.725. The number of carbonyl (C=O) groups excluding carboxylic acids is 1. The predicted octanol–water partition coefficient (Wildman–Crippen LogP) is 3.09. The SMILES string of the molecule is COc1cccc(NC(=O)N[C@@H]2CCN(Cc3ccccc3)C2)c1. The number of carbonyl (C=O) groups is 1. The molecule has 1 heterocycles. The summed E-state index contributed by atoms with van der Waals surface area (Å²) in [6.45, 7) is 2.80. The van der Waals surface area contributed by atoms with Crippen LogP contribution >= 0.6 is 0 Å². The van der Waals surface area contributed by atoms with Crippen LogP contribution in [-0.4, -0.2) is 37.2 Å². The van der Waals surface area contributed by atoms with Crippen molar-refractivity contribution >= 4 is 11.7 Å². The van der Waals surface area contributed by atoms with Gasteiger partial charge >= 0.3 is 6.03 Å². The minimum absolute atomic E-state index is 0.171. The van der Waals surface area contributed by atoms with E-state index >= 15 is 0 Å². The lowest BCUT2D eigenvalue weighted by molar-refractivity contribution is 0.247. The Morgan fingerprint density at radius 2 is 2.04 bits per heavy atom. The third-order valence-electron chi connectivity index (χ3n) is 4.18. The number of anilines is 1. The molecule has 1 fully saturated rings. The Hall–Kier alpha value is -2.53. The smallest absolute Gasteiger partial charge is 0.319 e. The number of rotatable bonds is 5. The number of benzene rings is 2. The maximum Gasteiger partial charge on any atom is 0.319 e. The highest BCUT2D eigenvalue weighted by atomic mass is 16.5. The van der Waals surface area contributed by atoms with Crippen molar-refractivity contribution in [1.29, 1.82) is 0 Å². The van der Waals surface area contributed by atoms with Crippen molar-refractivity contribution in [3.8, 4) is 5.75 Å². The van der Waals surface area contributed by atoms with Crippen LogP contribution in [0.5, 0.6) is 5.75 Å². The van der Waals surface area contributed by atoms with Gasteiger partial charge < -0.3 is 15.4 Å². The Morgan fingerprint density at radius 3 is 2.83 bits per heavy atom. The number of methoxy groups -OCH3 is 1. The molecule has 2 aromatic rings. The van der Waals surface area contributed by atoms with Gasteiger partial charge in [0, 0.05) is 37.4 Å². The van der Waals surface area contributed by atoms with E-state index in [4.69, 9.17) is 4.74 Å². The number of amides is 2. The Balaban J connectivity index is 1.47. The van der Waals surface area contributed by atoms with Gasteiger partial charge in [0.05, 0.1) is 7.11 Å². The molecule has 0 radical (unpaired) electrons. The van der Waals surface area contributed by atoms with E-state index in [2.05, 4.69) is 39.8 Å². The first-order valence-electron chi connectivity index (χ1n) is 8.21. The molecule has 5 heteroatoms. The largest absolute Gasteiger partial charge is 0.497 e. The van der Waals surface area contributed by atoms with Gasteiger partial charge in [-0.1, -0.05) is 36.4 Å². The molecule has 1 aliphatic heterocycles. The maximum absolute atomic E-state index is 12.2. The van der Waals surface area contributed by atoms with Crippen LogP contribution in [0, 0.1) is 0 Å². The Bertz CT molecular complexity index is 675. The van der Waals surface area contributed by atoms with Crippen LogP contribution in [0.4, 0.5) is 10.5 Å². The van der Waals surface area contributed by atoms with Crippen LogP contribution in [0.1, 0.15) is 12.0 Å². The van der Waals surface area contributed by atoms with Crippen molar-refractivity contribution < 1.29 is 9.53 Å². The molecule has 2 amide bonds. The van der Waals surface area contributed by atoms with Gasteiger partial charge in [0.2, 0.25) is 0 Å². The summed E-state index contributed by atoms with van der Waals surface area (Å²) in [6.07, 6.45) is 0.971. The van der Waals surface area contributed by atoms with Crippen molar-refractivity contribution in [2.75, 3.05) is 25.5 Å². The van der Waals surface area contributed by atoms with Gasteiger partial charge in [-0.2, -0.15) is 0 Å². The molecule has 0 aliphatic carbocycles. The molecule has 3 rings (SSSR count). The van der Waals surface area contributed by atoms with Gasteiger partial charge in [0.15, 0.2) is 0 Å². The van der Waals surface area contributed by atoms with Gasteiger partial charge in [0.1, 0.15) is 5.75 Å². The lowest BCUT2D eigenvalue weighted by Gasteiger charge is -2.17. The minimum Gasteiger partial charge on any atom is -0.497 e. The van der Waals surface area contributed by atoms with E-state index in [-0.39, 0.29) is 12.1 Å². The number of hydrogen-bond donors (Lipinski definition) is 2. The fraction of sp³-hybridized carbons (Fsp3) is 0.316. The lowest BCUT2D eigenvalue weighted by atomic mass is 10.2. The maximum atomic E-state index is 12.2. The number of hydrogen-bond acceptors (Lipinski definition) is 3. The number of nitrogens with one attached hydrogen (secondary N) is 2. The predicted molar refractivity (Wildman–Crippen MR) is 95.3 cm³/mol. The minimum atomic E-state index is -0.171. The Morgan fingerprint density at radius 1 is 1.21 bits per heavy atom. The zero-order valence-electron chi connectivity index (χ0n) is 13.9. The molecular weight excluding hydrogens is 302 g/mol. The van der Waals surface area contributed by atoms with Crippen LogP contribution in [0.3, 0.4) is 0 Å². The van der Waals surface area contributed by atoms with E-state index in [0.717, 1.165) is 37.5 Å². The van der Waals surface area contributed by atoms with Crippen molar-refractivity contribution in [3.05, 3.63) is 60.2 Å². The molecule has 1 aliphatic rings. The fourth-order valence-electron chi connectivity index (χ4n) is 2.99. The quantitative estimate of drug-likeness (QED) is 0.888. The molecule has 0 aromatic heterocycles. The van der Waals surface area contributed by atoms with E-state index in [1.54, 1.807) is 13.2 Å². The average molecular weight is 325 g/mol. The van der Waals surface area contributed by atoms with E-state index in [0.29, 0.717) is 0 Å². The fourth-order valence-corrected chi connectivity index (χ4v) is 2.99. The molecule has 0 saturated carbocycles. The zero-order valence-corrected chi connectivity index (χ0v) is 13.9. The van der Waals surface area contributed by atoms with E-state index < -0.39 is 0 Å². The van der Waals surface area contributed by atoms with E-state index in [1.165, 1.54) is 5.56 Å². The topological polar surface area (TPSA) is 53.6 Å². The van der Waals surface area contributed by atoms with Crippen LogP contribution < -0.4 is 15.4 Å². The van der Waals surface area contributed by atoms with Crippen molar-refractivity contribution in [3.63, 3.8) is 0 Å². The molecular formula is C19H23N3O2. The van der Waals surface area contributed by atoms with Crippen molar-refractivity contribution in [1.82, 2.24) is 10.2 Å². The van der Waals surface area contributed by atoms with Crippen molar-refractivity contribution in [2.24, 2.45) is 0 Å². The molecule has 0 unspecified atom stereocenters. The van der Waals surface area contributed by atoms with Crippen LogP contribution in [0.2, 0.25) is 0 Å². The van der Waals surface area contributed by atoms with Gasteiger partial charge in [-0.25, -0.2) is 4.79 Å². The van der Waals surface area contributed by atoms with Crippen LogP contribution in [-0.2, 0) is 6.54 Å². The van der Waals surface area contributed by atoms with Gasteiger partial charge in [-0.15, -0.1) is 0 Å². The first kappa shape index (κ1) is 16.3. The lowest BCUT2D eigenvalue weighted by Crippen LogP contribution is -2.39. The standard InChI is InChI=1S/C19H23N3O2/c1-24-18-9-5-8-16(12-18)20-19(23)21-17-10-11-22(14-17)13-15-6-3-2-4-7-15/h2-9,12,17H,10-11,13-14H2,1H3,(H2,20,21,23)/t17-/m1/s1.